The van der Waals surface area contributed by atoms with E-state index in [2.05, 4.69) is 10.6 Å². The number of esters is 1. The van der Waals surface area contributed by atoms with Gasteiger partial charge in [0.05, 0.1) is 23.1 Å². The summed E-state index contributed by atoms with van der Waals surface area (Å²) in [5.74, 6) is -1.10. The Morgan fingerprint density at radius 2 is 2.12 bits per heavy atom. The Morgan fingerprint density at radius 1 is 1.38 bits per heavy atom. The molecule has 2 rings (SSSR count). The van der Waals surface area contributed by atoms with E-state index in [4.69, 9.17) is 4.74 Å². The predicted octanol–water partition coefficient (Wildman–Crippen LogP) is 2.66. The quantitative estimate of drug-likeness (QED) is 0.388. The Morgan fingerprint density at radius 3 is 2.73 bits per heavy atom. The average molecular weight is 363 g/mol. The fraction of sp³-hybridized carbons (Fsp3) is 0.412. The van der Waals surface area contributed by atoms with Gasteiger partial charge in [0.15, 0.2) is 5.75 Å². The molecule has 3 N–H and O–H groups in total. The number of hydrogen-bond donors (Lipinski definition) is 3. The number of ether oxygens (including phenoxy) is 1. The van der Waals surface area contributed by atoms with E-state index in [9.17, 15) is 24.8 Å². The van der Waals surface area contributed by atoms with E-state index in [1.807, 2.05) is 6.92 Å². The molecular formula is C17H21N3O6. The number of allylic oxidation sites excluding steroid dienone is 1. The molecule has 140 valence electrons. The lowest BCUT2D eigenvalue weighted by Gasteiger charge is -2.29. The predicted molar refractivity (Wildman–Crippen MR) is 92.4 cm³/mol. The molecule has 1 aromatic rings. The summed E-state index contributed by atoms with van der Waals surface area (Å²) >= 11 is 0. The van der Waals surface area contributed by atoms with E-state index in [1.54, 1.807) is 6.92 Å². The van der Waals surface area contributed by atoms with E-state index in [1.165, 1.54) is 6.07 Å². The highest BCUT2D eigenvalue weighted by molar-refractivity contribution is 5.95. The van der Waals surface area contributed by atoms with Crippen LogP contribution in [0.4, 0.5) is 10.5 Å². The number of rotatable bonds is 7. The highest BCUT2D eigenvalue weighted by Gasteiger charge is 2.34. The number of nitrogens with zero attached hydrogens (tertiary/aromatic N) is 1. The number of hydrogen-bond acceptors (Lipinski definition) is 6. The Balaban J connectivity index is 2.55. The van der Waals surface area contributed by atoms with E-state index in [0.717, 1.165) is 25.0 Å². The third kappa shape index (κ3) is 4.11. The molecule has 1 aromatic carbocycles. The van der Waals surface area contributed by atoms with Gasteiger partial charge in [0.25, 0.3) is 0 Å². The van der Waals surface area contributed by atoms with Gasteiger partial charge < -0.3 is 20.5 Å². The Hall–Kier alpha value is -3.10. The van der Waals surface area contributed by atoms with Gasteiger partial charge in [0.1, 0.15) is 0 Å². The van der Waals surface area contributed by atoms with Crippen molar-refractivity contribution in [2.75, 3.05) is 6.61 Å². The van der Waals surface area contributed by atoms with Crippen molar-refractivity contribution in [3.8, 4) is 5.75 Å². The zero-order valence-electron chi connectivity index (χ0n) is 14.6. The van der Waals surface area contributed by atoms with Crippen molar-refractivity contribution in [3.63, 3.8) is 0 Å². The summed E-state index contributed by atoms with van der Waals surface area (Å²) in [7, 11) is 0. The smallest absolute Gasteiger partial charge is 0.338 e. The van der Waals surface area contributed by atoms with Crippen LogP contribution in [0, 0.1) is 10.1 Å². The van der Waals surface area contributed by atoms with Gasteiger partial charge in [-0.2, -0.15) is 0 Å². The third-order valence-corrected chi connectivity index (χ3v) is 3.96. The van der Waals surface area contributed by atoms with Crippen LogP contribution < -0.4 is 10.6 Å². The summed E-state index contributed by atoms with van der Waals surface area (Å²) in [5, 5.41) is 26.0. The van der Waals surface area contributed by atoms with Crippen LogP contribution in [0.3, 0.4) is 0 Å². The standard InChI is InChI=1S/C17H21N3O6/c1-3-5-6-11-14(16(22)26-4-2)15(19-17(23)18-11)10-7-8-13(21)12(9-10)20(24)25/h7-9,15,21H,3-6H2,1-2H3,(H2,18,19,23). The molecule has 2 amide bonds. The normalized spacial score (nSPS) is 16.7. The number of aromatic hydroxyl groups is 1. The molecule has 0 bridgehead atoms. The first-order valence-corrected chi connectivity index (χ1v) is 8.34. The average Bonchev–Trinajstić information content (AvgIpc) is 2.59. The van der Waals surface area contributed by atoms with Crippen LogP contribution in [-0.4, -0.2) is 28.6 Å². The van der Waals surface area contributed by atoms with Crippen molar-refractivity contribution in [1.29, 1.82) is 0 Å². The van der Waals surface area contributed by atoms with Crippen LogP contribution >= 0.6 is 0 Å². The number of nitro benzene ring substituents is 1. The van der Waals surface area contributed by atoms with E-state index >= 15 is 0 Å². The van der Waals surface area contributed by atoms with Crippen LogP contribution in [0.2, 0.25) is 0 Å². The number of phenols is 1. The second-order valence-corrected chi connectivity index (χ2v) is 5.75. The number of amides is 2. The topological polar surface area (TPSA) is 131 Å². The van der Waals surface area contributed by atoms with E-state index < -0.39 is 34.4 Å². The molecule has 9 heteroatoms. The molecular weight excluding hydrogens is 342 g/mol. The first kappa shape index (κ1) is 19.2. The maximum absolute atomic E-state index is 12.5. The molecule has 1 unspecified atom stereocenters. The first-order chi connectivity index (χ1) is 12.4. The molecule has 26 heavy (non-hydrogen) atoms. The number of carbonyl (C=O) groups excluding carboxylic acids is 2. The Bertz CT molecular complexity index is 759. The van der Waals surface area contributed by atoms with Crippen molar-refractivity contribution in [2.45, 2.75) is 39.2 Å². The van der Waals surface area contributed by atoms with Crippen LogP contribution in [0.1, 0.15) is 44.7 Å². The van der Waals surface area contributed by atoms with Crippen molar-refractivity contribution in [2.24, 2.45) is 0 Å². The van der Waals surface area contributed by atoms with Gasteiger partial charge in [-0.25, -0.2) is 9.59 Å². The molecule has 0 fully saturated rings. The van der Waals surface area contributed by atoms with Gasteiger partial charge in [0.2, 0.25) is 0 Å². The lowest BCUT2D eigenvalue weighted by molar-refractivity contribution is -0.385. The Kier molecular flexibility index (Phi) is 6.16. The van der Waals surface area contributed by atoms with Gasteiger partial charge in [0, 0.05) is 11.8 Å². The van der Waals surface area contributed by atoms with Gasteiger partial charge in [-0.1, -0.05) is 19.4 Å². The molecule has 0 radical (unpaired) electrons. The number of urea groups is 1. The number of nitro groups is 1. The summed E-state index contributed by atoms with van der Waals surface area (Å²) in [6.07, 6.45) is 2.08. The summed E-state index contributed by atoms with van der Waals surface area (Å²) in [6, 6.07) is 2.31. The number of benzene rings is 1. The lowest BCUT2D eigenvalue weighted by atomic mass is 9.93. The fourth-order valence-corrected chi connectivity index (χ4v) is 2.73. The SMILES string of the molecule is CCCCC1=C(C(=O)OCC)C(c2ccc(O)c([N+](=O)[O-])c2)NC(=O)N1. The van der Waals surface area contributed by atoms with Gasteiger partial charge in [-0.3, -0.25) is 10.1 Å². The molecule has 0 aromatic heterocycles. The minimum atomic E-state index is -0.908. The minimum Gasteiger partial charge on any atom is -0.502 e. The third-order valence-electron chi connectivity index (χ3n) is 3.96. The molecule has 1 atom stereocenters. The van der Waals surface area contributed by atoms with Gasteiger partial charge in [-0.15, -0.1) is 0 Å². The summed E-state index contributed by atoms with van der Waals surface area (Å²) in [6.45, 7) is 3.80. The molecule has 1 aliphatic heterocycles. The van der Waals surface area contributed by atoms with Crippen molar-refractivity contribution in [3.05, 3.63) is 45.1 Å². The van der Waals surface area contributed by atoms with Crippen molar-refractivity contribution < 1.29 is 24.4 Å². The largest absolute Gasteiger partial charge is 0.502 e. The number of carbonyl (C=O) groups is 2. The molecule has 1 aliphatic rings. The maximum Gasteiger partial charge on any atom is 0.338 e. The summed E-state index contributed by atoms with van der Waals surface area (Å²) in [5.41, 5.74) is 0.449. The van der Waals surface area contributed by atoms with Crippen LogP contribution in [0.5, 0.6) is 5.75 Å². The minimum absolute atomic E-state index is 0.153. The highest BCUT2D eigenvalue weighted by Crippen LogP contribution is 2.34. The van der Waals surface area contributed by atoms with Crippen LogP contribution in [-0.2, 0) is 9.53 Å². The second kappa shape index (κ2) is 8.32. The van der Waals surface area contributed by atoms with Crippen molar-refractivity contribution >= 4 is 17.7 Å². The summed E-state index contributed by atoms with van der Waals surface area (Å²) in [4.78, 5) is 34.9. The Labute approximate surface area is 150 Å². The summed E-state index contributed by atoms with van der Waals surface area (Å²) < 4.78 is 5.11. The first-order valence-electron chi connectivity index (χ1n) is 8.34. The zero-order chi connectivity index (χ0) is 19.3. The van der Waals surface area contributed by atoms with E-state index in [-0.39, 0.29) is 12.2 Å². The van der Waals surface area contributed by atoms with E-state index in [0.29, 0.717) is 17.7 Å². The molecule has 9 nitrogen and oxygen atoms in total. The van der Waals surface area contributed by atoms with Crippen LogP contribution in [0.15, 0.2) is 29.5 Å². The number of unbranched alkanes of at least 4 members (excludes halogenated alkanes) is 1. The second-order valence-electron chi connectivity index (χ2n) is 5.75. The zero-order valence-corrected chi connectivity index (χ0v) is 14.6. The monoisotopic (exact) mass is 363 g/mol. The lowest BCUT2D eigenvalue weighted by Crippen LogP contribution is -2.46. The molecule has 0 saturated heterocycles. The van der Waals surface area contributed by atoms with Gasteiger partial charge in [-0.05, 0) is 31.4 Å². The molecule has 1 heterocycles. The number of nitrogens with one attached hydrogen (secondary N) is 2. The van der Waals surface area contributed by atoms with Crippen LogP contribution in [0.25, 0.3) is 0 Å². The molecule has 0 aliphatic carbocycles. The number of phenolic OH excluding ortho intramolecular Hbond substituents is 1. The molecule has 0 spiro atoms. The highest BCUT2D eigenvalue weighted by atomic mass is 16.6. The molecule has 0 saturated carbocycles. The van der Waals surface area contributed by atoms with Crippen molar-refractivity contribution in [1.82, 2.24) is 10.6 Å². The van der Waals surface area contributed by atoms with Gasteiger partial charge >= 0.3 is 17.7 Å². The fourth-order valence-electron chi connectivity index (χ4n) is 2.73. The maximum atomic E-state index is 12.5.